The van der Waals surface area contributed by atoms with Crippen LogP contribution in [0.2, 0.25) is 0 Å². The number of anilines is 2. The first-order valence-electron chi connectivity index (χ1n) is 5.52. The van der Waals surface area contributed by atoms with Gasteiger partial charge in [0.1, 0.15) is 21.5 Å². The summed E-state index contributed by atoms with van der Waals surface area (Å²) in [6, 6.07) is 2.40. The Morgan fingerprint density at radius 2 is 2.12 bits per heavy atom. The molecule has 0 bridgehead atoms. The van der Waals surface area contributed by atoms with E-state index in [0.29, 0.717) is 16.6 Å². The number of hydrogen-bond donors (Lipinski definition) is 3. The van der Waals surface area contributed by atoms with Crippen molar-refractivity contribution in [2.45, 2.75) is 31.7 Å². The lowest BCUT2D eigenvalue weighted by molar-refractivity contribution is 0.100. The monoisotopic (exact) mass is 250 g/mol. The lowest BCUT2D eigenvalue weighted by Gasteiger charge is -2.11. The molecule has 1 aliphatic carbocycles. The van der Waals surface area contributed by atoms with Crippen molar-refractivity contribution in [1.82, 2.24) is 0 Å². The molecule has 0 saturated heterocycles. The number of nitriles is 1. The first kappa shape index (κ1) is 11.7. The predicted molar refractivity (Wildman–Crippen MR) is 67.8 cm³/mol. The van der Waals surface area contributed by atoms with Gasteiger partial charge in [-0.3, -0.25) is 4.79 Å². The van der Waals surface area contributed by atoms with Gasteiger partial charge < -0.3 is 16.8 Å². The average Bonchev–Trinajstić information content (AvgIpc) is 2.87. The van der Waals surface area contributed by atoms with Gasteiger partial charge >= 0.3 is 0 Å². The van der Waals surface area contributed by atoms with E-state index in [1.54, 1.807) is 0 Å². The summed E-state index contributed by atoms with van der Waals surface area (Å²) in [6.45, 7) is 0. The molecule has 0 spiro atoms. The highest BCUT2D eigenvalue weighted by Gasteiger charge is 2.22. The van der Waals surface area contributed by atoms with E-state index in [1.165, 1.54) is 24.2 Å². The van der Waals surface area contributed by atoms with Crippen LogP contribution in [-0.4, -0.2) is 11.9 Å². The fraction of sp³-hybridized carbons (Fsp3) is 0.455. The molecule has 0 atom stereocenters. The molecular formula is C11H14N4OS. The molecule has 1 amide bonds. The van der Waals surface area contributed by atoms with Crippen LogP contribution in [0.1, 0.15) is 40.9 Å². The Balaban J connectivity index is 2.29. The lowest BCUT2D eigenvalue weighted by Crippen LogP contribution is -2.14. The fourth-order valence-electron chi connectivity index (χ4n) is 2.10. The number of amides is 1. The second-order valence-electron chi connectivity index (χ2n) is 4.15. The Hall–Kier alpha value is -1.74. The Morgan fingerprint density at radius 1 is 1.47 bits per heavy atom. The summed E-state index contributed by atoms with van der Waals surface area (Å²) in [4.78, 5) is 11.4. The van der Waals surface area contributed by atoms with Gasteiger partial charge in [-0.25, -0.2) is 0 Å². The maximum absolute atomic E-state index is 11.2. The molecule has 1 aliphatic rings. The third kappa shape index (κ3) is 2.19. The number of nitrogens with two attached hydrogens (primary N) is 2. The number of carbonyl (C=O) groups is 1. The third-order valence-electron chi connectivity index (χ3n) is 2.97. The molecule has 1 aromatic rings. The summed E-state index contributed by atoms with van der Waals surface area (Å²) in [6.07, 6.45) is 4.58. The molecule has 17 heavy (non-hydrogen) atoms. The van der Waals surface area contributed by atoms with Crippen LogP contribution >= 0.6 is 11.3 Å². The van der Waals surface area contributed by atoms with Gasteiger partial charge in [-0.1, -0.05) is 12.8 Å². The van der Waals surface area contributed by atoms with Crippen molar-refractivity contribution >= 4 is 27.9 Å². The summed E-state index contributed by atoms with van der Waals surface area (Å²) in [5.74, 6) is -0.580. The van der Waals surface area contributed by atoms with E-state index in [1.807, 2.05) is 6.07 Å². The van der Waals surface area contributed by atoms with Gasteiger partial charge in [-0.2, -0.15) is 5.26 Å². The van der Waals surface area contributed by atoms with E-state index >= 15 is 0 Å². The van der Waals surface area contributed by atoms with Crippen molar-refractivity contribution in [2.24, 2.45) is 5.73 Å². The zero-order valence-electron chi connectivity index (χ0n) is 9.32. The van der Waals surface area contributed by atoms with Crippen LogP contribution in [0, 0.1) is 11.3 Å². The second kappa shape index (κ2) is 4.63. The number of nitrogens with zero attached hydrogens (tertiary/aromatic N) is 1. The second-order valence-corrected chi connectivity index (χ2v) is 5.17. The normalized spacial score (nSPS) is 15.7. The molecule has 1 saturated carbocycles. The highest BCUT2D eigenvalue weighted by molar-refractivity contribution is 7.18. The van der Waals surface area contributed by atoms with Crippen LogP contribution in [0.15, 0.2) is 0 Å². The van der Waals surface area contributed by atoms with E-state index in [9.17, 15) is 4.79 Å². The molecule has 6 heteroatoms. The number of carbonyl (C=O) groups excluding carboxylic acids is 1. The Bertz CT molecular complexity index is 482. The van der Waals surface area contributed by atoms with Crippen molar-refractivity contribution in [3.8, 4) is 6.07 Å². The number of thiophene rings is 1. The minimum Gasteiger partial charge on any atom is -0.396 e. The smallest absolute Gasteiger partial charge is 0.261 e. The van der Waals surface area contributed by atoms with Crippen LogP contribution in [0.4, 0.5) is 10.7 Å². The maximum Gasteiger partial charge on any atom is 0.261 e. The SMILES string of the molecule is N#Cc1c(NC2CCCC2)sc(C(N)=O)c1N. The minimum absolute atomic E-state index is 0.200. The van der Waals surface area contributed by atoms with Crippen LogP contribution in [-0.2, 0) is 0 Å². The summed E-state index contributed by atoms with van der Waals surface area (Å²) < 4.78 is 0. The van der Waals surface area contributed by atoms with Crippen molar-refractivity contribution in [1.29, 1.82) is 5.26 Å². The maximum atomic E-state index is 11.2. The van der Waals surface area contributed by atoms with Gasteiger partial charge in [0.25, 0.3) is 5.91 Å². The number of nitrogens with one attached hydrogen (secondary N) is 1. The zero-order chi connectivity index (χ0) is 12.4. The van der Waals surface area contributed by atoms with Crippen molar-refractivity contribution < 1.29 is 4.79 Å². The molecule has 1 aromatic heterocycles. The van der Waals surface area contributed by atoms with Crippen molar-refractivity contribution in [3.63, 3.8) is 0 Å². The molecule has 1 fully saturated rings. The highest BCUT2D eigenvalue weighted by Crippen LogP contribution is 2.36. The van der Waals surface area contributed by atoms with Crippen molar-refractivity contribution in [3.05, 3.63) is 10.4 Å². The van der Waals surface area contributed by atoms with Gasteiger partial charge in [-0.05, 0) is 12.8 Å². The van der Waals surface area contributed by atoms with E-state index in [-0.39, 0.29) is 10.6 Å². The number of rotatable bonds is 3. The van der Waals surface area contributed by atoms with Gasteiger partial charge in [0, 0.05) is 6.04 Å². The fourth-order valence-corrected chi connectivity index (χ4v) is 3.10. The average molecular weight is 250 g/mol. The quantitative estimate of drug-likeness (QED) is 0.758. The molecule has 0 aliphatic heterocycles. The van der Waals surface area contributed by atoms with Gasteiger partial charge in [-0.15, -0.1) is 11.3 Å². The number of hydrogen-bond acceptors (Lipinski definition) is 5. The summed E-state index contributed by atoms with van der Waals surface area (Å²) >= 11 is 1.17. The van der Waals surface area contributed by atoms with E-state index < -0.39 is 5.91 Å². The lowest BCUT2D eigenvalue weighted by atomic mass is 10.2. The topological polar surface area (TPSA) is 105 Å². The minimum atomic E-state index is -0.580. The highest BCUT2D eigenvalue weighted by atomic mass is 32.1. The molecule has 0 aromatic carbocycles. The predicted octanol–water partition coefficient (Wildman–Crippen LogP) is 1.66. The van der Waals surface area contributed by atoms with Gasteiger partial charge in [0.05, 0.1) is 5.69 Å². The van der Waals surface area contributed by atoms with E-state index in [2.05, 4.69) is 5.32 Å². The van der Waals surface area contributed by atoms with Gasteiger partial charge in [0.2, 0.25) is 0 Å². The Labute approximate surface area is 103 Å². The molecular weight excluding hydrogens is 236 g/mol. The van der Waals surface area contributed by atoms with Crippen LogP contribution in [0.5, 0.6) is 0 Å². The van der Waals surface area contributed by atoms with E-state index in [4.69, 9.17) is 16.7 Å². The third-order valence-corrected chi connectivity index (χ3v) is 4.12. The van der Waals surface area contributed by atoms with Crippen LogP contribution in [0.25, 0.3) is 0 Å². The van der Waals surface area contributed by atoms with Crippen LogP contribution < -0.4 is 16.8 Å². The molecule has 5 N–H and O–H groups in total. The van der Waals surface area contributed by atoms with Crippen molar-refractivity contribution in [2.75, 3.05) is 11.1 Å². The van der Waals surface area contributed by atoms with Crippen LogP contribution in [0.3, 0.4) is 0 Å². The standard InChI is InChI=1S/C11H14N4OS/c12-5-7-8(13)9(10(14)16)17-11(7)15-6-3-1-2-4-6/h6,15H,1-4,13H2,(H2,14,16). The molecule has 0 unspecified atom stereocenters. The molecule has 5 nitrogen and oxygen atoms in total. The van der Waals surface area contributed by atoms with E-state index in [0.717, 1.165) is 12.8 Å². The zero-order valence-corrected chi connectivity index (χ0v) is 10.1. The summed E-state index contributed by atoms with van der Waals surface area (Å²) in [5, 5.41) is 13.0. The summed E-state index contributed by atoms with van der Waals surface area (Å²) in [7, 11) is 0. The molecule has 90 valence electrons. The van der Waals surface area contributed by atoms with Gasteiger partial charge in [0.15, 0.2) is 0 Å². The molecule has 2 rings (SSSR count). The summed E-state index contributed by atoms with van der Waals surface area (Å²) in [5.41, 5.74) is 11.5. The first-order chi connectivity index (χ1) is 8.13. The number of primary amides is 1. The molecule has 0 radical (unpaired) electrons. The molecule has 1 heterocycles. The largest absolute Gasteiger partial charge is 0.396 e. The Kier molecular flexibility index (Phi) is 3.20. The Morgan fingerprint density at radius 3 is 2.65 bits per heavy atom. The first-order valence-corrected chi connectivity index (χ1v) is 6.33. The number of nitrogen functional groups attached to an aromatic ring is 1.